The average Bonchev–Trinajstić information content (AvgIpc) is 2.38. The largest absolute Gasteiger partial charge is 0.493 e. The minimum atomic E-state index is -2.64. The fourth-order valence-corrected chi connectivity index (χ4v) is 2.52. The first kappa shape index (κ1) is 16.2. The minimum absolute atomic E-state index is 0.293. The monoisotopic (exact) mass is 361 g/mol. The fraction of sp³-hybridized carbons (Fsp3) is 0.533. The molecule has 0 bridgehead atoms. The van der Waals surface area contributed by atoms with Crippen LogP contribution in [0.4, 0.5) is 8.78 Å². The van der Waals surface area contributed by atoms with Crippen molar-refractivity contribution in [1.29, 1.82) is 0 Å². The molecule has 1 saturated carbocycles. The van der Waals surface area contributed by atoms with E-state index in [2.05, 4.69) is 28.2 Å². The minimum Gasteiger partial charge on any atom is -0.493 e. The summed E-state index contributed by atoms with van der Waals surface area (Å²) in [5, 5.41) is 2.63. The van der Waals surface area contributed by atoms with Crippen molar-refractivity contribution in [3.05, 3.63) is 28.2 Å². The SMILES string of the molecule is CCCCOc1ccc(Br)cc1C(=O)NC1CC(F)(F)C1. The number of ether oxygens (including phenoxy) is 1. The van der Waals surface area contributed by atoms with Crippen LogP contribution in [-0.2, 0) is 0 Å². The van der Waals surface area contributed by atoms with Crippen LogP contribution in [0.15, 0.2) is 22.7 Å². The number of halogens is 3. The van der Waals surface area contributed by atoms with Crippen LogP contribution in [0, 0.1) is 0 Å². The van der Waals surface area contributed by atoms with E-state index in [4.69, 9.17) is 4.74 Å². The number of amides is 1. The Hall–Kier alpha value is -1.17. The van der Waals surface area contributed by atoms with Gasteiger partial charge in [-0.15, -0.1) is 0 Å². The molecule has 1 aliphatic carbocycles. The second-order valence-corrected chi connectivity index (χ2v) is 6.19. The Labute approximate surface area is 131 Å². The molecule has 0 heterocycles. The third kappa shape index (κ3) is 4.40. The van der Waals surface area contributed by atoms with E-state index in [0.29, 0.717) is 17.9 Å². The molecule has 1 aromatic rings. The molecule has 1 aliphatic rings. The third-order valence-electron chi connectivity index (χ3n) is 3.37. The Morgan fingerprint density at radius 3 is 2.81 bits per heavy atom. The normalized spacial score (nSPS) is 17.1. The van der Waals surface area contributed by atoms with Crippen molar-refractivity contribution in [2.24, 2.45) is 0 Å². The average molecular weight is 362 g/mol. The van der Waals surface area contributed by atoms with Crippen LogP contribution in [0.25, 0.3) is 0 Å². The molecule has 1 aromatic carbocycles. The summed E-state index contributed by atoms with van der Waals surface area (Å²) in [5.41, 5.74) is 0.371. The van der Waals surface area contributed by atoms with Crippen molar-refractivity contribution in [2.45, 2.75) is 44.6 Å². The molecular formula is C15H18BrF2NO2. The number of hydrogen-bond donors (Lipinski definition) is 1. The topological polar surface area (TPSA) is 38.3 Å². The van der Waals surface area contributed by atoms with Crippen molar-refractivity contribution in [3.8, 4) is 5.75 Å². The van der Waals surface area contributed by atoms with Gasteiger partial charge in [-0.3, -0.25) is 4.79 Å². The van der Waals surface area contributed by atoms with Gasteiger partial charge in [0.1, 0.15) is 5.75 Å². The third-order valence-corrected chi connectivity index (χ3v) is 3.86. The zero-order valence-electron chi connectivity index (χ0n) is 11.8. The van der Waals surface area contributed by atoms with Gasteiger partial charge in [-0.1, -0.05) is 29.3 Å². The van der Waals surface area contributed by atoms with E-state index in [9.17, 15) is 13.6 Å². The van der Waals surface area contributed by atoms with Crippen molar-refractivity contribution in [1.82, 2.24) is 5.32 Å². The molecule has 0 unspecified atom stereocenters. The summed E-state index contributed by atoms with van der Waals surface area (Å²) in [6, 6.07) is 4.68. The van der Waals surface area contributed by atoms with E-state index >= 15 is 0 Å². The molecule has 116 valence electrons. The smallest absolute Gasteiger partial charge is 0.255 e. The fourth-order valence-electron chi connectivity index (χ4n) is 2.16. The molecule has 6 heteroatoms. The van der Waals surface area contributed by atoms with Crippen LogP contribution in [0.5, 0.6) is 5.75 Å². The number of benzene rings is 1. The summed E-state index contributed by atoms with van der Waals surface area (Å²) in [4.78, 5) is 12.2. The summed E-state index contributed by atoms with van der Waals surface area (Å²) >= 11 is 3.31. The van der Waals surface area contributed by atoms with Crippen molar-refractivity contribution in [2.75, 3.05) is 6.61 Å². The van der Waals surface area contributed by atoms with Crippen LogP contribution in [0.1, 0.15) is 43.0 Å². The van der Waals surface area contributed by atoms with Crippen molar-refractivity contribution >= 4 is 21.8 Å². The highest BCUT2D eigenvalue weighted by atomic mass is 79.9. The number of unbranched alkanes of at least 4 members (excludes halogenated alkanes) is 1. The lowest BCUT2D eigenvalue weighted by molar-refractivity contribution is -0.0901. The van der Waals surface area contributed by atoms with Crippen LogP contribution in [-0.4, -0.2) is 24.5 Å². The highest BCUT2D eigenvalue weighted by Crippen LogP contribution is 2.37. The molecule has 0 radical (unpaired) electrons. The van der Waals surface area contributed by atoms with Crippen LogP contribution in [0.3, 0.4) is 0 Å². The Bertz CT molecular complexity index is 514. The van der Waals surface area contributed by atoms with Gasteiger partial charge in [0.05, 0.1) is 12.2 Å². The van der Waals surface area contributed by atoms with Gasteiger partial charge in [-0.2, -0.15) is 0 Å². The second-order valence-electron chi connectivity index (χ2n) is 5.28. The highest BCUT2D eigenvalue weighted by molar-refractivity contribution is 9.10. The molecule has 0 spiro atoms. The molecule has 0 saturated heterocycles. The zero-order chi connectivity index (χ0) is 15.5. The lowest BCUT2D eigenvalue weighted by Gasteiger charge is -2.35. The predicted octanol–water partition coefficient (Wildman–Crippen LogP) is 4.16. The Balaban J connectivity index is 2.02. The van der Waals surface area contributed by atoms with Gasteiger partial charge in [-0.25, -0.2) is 8.78 Å². The number of carbonyl (C=O) groups excluding carboxylic acids is 1. The number of hydrogen-bond acceptors (Lipinski definition) is 2. The molecule has 2 rings (SSSR count). The quantitative estimate of drug-likeness (QED) is 0.772. The highest BCUT2D eigenvalue weighted by Gasteiger charge is 2.46. The maximum atomic E-state index is 12.8. The molecule has 1 amide bonds. The molecule has 0 aliphatic heterocycles. The molecule has 1 fully saturated rings. The number of carbonyl (C=O) groups is 1. The summed E-state index contributed by atoms with van der Waals surface area (Å²) < 4.78 is 32.0. The van der Waals surface area contributed by atoms with Gasteiger partial charge in [-0.05, 0) is 24.6 Å². The number of nitrogens with one attached hydrogen (secondary N) is 1. The van der Waals surface area contributed by atoms with E-state index in [-0.39, 0.29) is 18.7 Å². The Kier molecular flexibility index (Phi) is 5.19. The summed E-state index contributed by atoms with van der Waals surface area (Å²) in [7, 11) is 0. The predicted molar refractivity (Wildman–Crippen MR) is 80.0 cm³/mol. The van der Waals surface area contributed by atoms with Gasteiger partial charge in [0.25, 0.3) is 11.8 Å². The number of rotatable bonds is 6. The summed E-state index contributed by atoms with van der Waals surface area (Å²) in [6.07, 6.45) is 1.30. The number of alkyl halides is 2. The maximum Gasteiger partial charge on any atom is 0.255 e. The van der Waals surface area contributed by atoms with E-state index in [1.807, 2.05) is 0 Å². The zero-order valence-corrected chi connectivity index (χ0v) is 13.4. The van der Waals surface area contributed by atoms with Gasteiger partial charge in [0, 0.05) is 23.4 Å². The summed E-state index contributed by atoms with van der Waals surface area (Å²) in [6.45, 7) is 2.58. The van der Waals surface area contributed by atoms with E-state index in [1.54, 1.807) is 18.2 Å². The van der Waals surface area contributed by atoms with Crippen molar-refractivity contribution in [3.63, 3.8) is 0 Å². The lowest BCUT2D eigenvalue weighted by atomic mass is 9.88. The van der Waals surface area contributed by atoms with Gasteiger partial charge in [0.2, 0.25) is 0 Å². The van der Waals surface area contributed by atoms with Crippen LogP contribution < -0.4 is 10.1 Å². The van der Waals surface area contributed by atoms with Crippen molar-refractivity contribution < 1.29 is 18.3 Å². The van der Waals surface area contributed by atoms with E-state index in [1.165, 1.54) is 0 Å². The van der Waals surface area contributed by atoms with Crippen LogP contribution >= 0.6 is 15.9 Å². The molecule has 3 nitrogen and oxygen atoms in total. The lowest BCUT2D eigenvalue weighted by Crippen LogP contribution is -2.50. The first-order valence-electron chi connectivity index (χ1n) is 7.02. The first-order chi connectivity index (χ1) is 9.91. The molecule has 0 aromatic heterocycles. The molecule has 1 N–H and O–H groups in total. The molecule has 21 heavy (non-hydrogen) atoms. The standard InChI is InChI=1S/C15H18BrF2NO2/c1-2-3-6-21-13-5-4-10(16)7-12(13)14(20)19-11-8-15(17,18)9-11/h4-5,7,11H,2-3,6,8-9H2,1H3,(H,19,20). The maximum absolute atomic E-state index is 12.8. The Morgan fingerprint density at radius 2 is 2.19 bits per heavy atom. The summed E-state index contributed by atoms with van der Waals surface area (Å²) in [5.74, 6) is -2.53. The molecular weight excluding hydrogens is 344 g/mol. The molecule has 0 atom stereocenters. The van der Waals surface area contributed by atoms with Gasteiger partial charge in [0.15, 0.2) is 0 Å². The van der Waals surface area contributed by atoms with Gasteiger partial charge >= 0.3 is 0 Å². The van der Waals surface area contributed by atoms with Gasteiger partial charge < -0.3 is 10.1 Å². The van der Waals surface area contributed by atoms with E-state index in [0.717, 1.165) is 17.3 Å². The van der Waals surface area contributed by atoms with Crippen LogP contribution in [0.2, 0.25) is 0 Å². The second kappa shape index (κ2) is 6.73. The Morgan fingerprint density at radius 1 is 1.48 bits per heavy atom. The van der Waals surface area contributed by atoms with E-state index < -0.39 is 12.0 Å². The first-order valence-corrected chi connectivity index (χ1v) is 7.81.